The van der Waals surface area contributed by atoms with Crippen LogP contribution >= 0.6 is 11.8 Å². The lowest BCUT2D eigenvalue weighted by atomic mass is 10.2. The molecule has 156 valence electrons. The molecule has 3 aromatic carbocycles. The number of carbonyl (C=O) groups is 1. The number of aliphatic imine (C=N–C) groups is 1. The average molecular weight is 433 g/mol. The highest BCUT2D eigenvalue weighted by molar-refractivity contribution is 7.99. The first-order valence-corrected chi connectivity index (χ1v) is 10.6. The third kappa shape index (κ3) is 4.92. The van der Waals surface area contributed by atoms with Gasteiger partial charge in [-0.1, -0.05) is 48.2 Å². The van der Waals surface area contributed by atoms with E-state index >= 15 is 0 Å². The minimum absolute atomic E-state index is 0.0374. The van der Waals surface area contributed by atoms with E-state index in [0.29, 0.717) is 12.1 Å². The fraction of sp³-hybridized carbons (Fsp3) is 0.130. The molecule has 0 aromatic heterocycles. The Bertz CT molecular complexity index is 1100. The zero-order chi connectivity index (χ0) is 21.6. The van der Waals surface area contributed by atoms with Gasteiger partial charge in [0.25, 0.3) is 5.69 Å². The highest BCUT2D eigenvalue weighted by Gasteiger charge is 2.22. The zero-order valence-corrected chi connectivity index (χ0v) is 17.4. The second-order valence-electron chi connectivity index (χ2n) is 6.88. The van der Waals surface area contributed by atoms with E-state index in [4.69, 9.17) is 0 Å². The quantitative estimate of drug-likeness (QED) is 0.243. The van der Waals surface area contributed by atoms with Crippen molar-refractivity contribution in [3.05, 3.63) is 88.5 Å². The Morgan fingerprint density at radius 1 is 1.03 bits per heavy atom. The Balaban J connectivity index is 1.34. The highest BCUT2D eigenvalue weighted by atomic mass is 32.2. The van der Waals surface area contributed by atoms with E-state index in [1.165, 1.54) is 39.5 Å². The van der Waals surface area contributed by atoms with E-state index in [0.717, 1.165) is 13.0 Å². The third-order valence-corrected chi connectivity index (χ3v) is 5.91. The molecule has 8 heteroatoms. The molecule has 0 radical (unpaired) electrons. The summed E-state index contributed by atoms with van der Waals surface area (Å²) in [6, 6.07) is 22.1. The van der Waals surface area contributed by atoms with Crippen molar-refractivity contribution in [1.82, 2.24) is 5.32 Å². The molecular weight excluding hydrogens is 412 g/mol. The first kappa shape index (κ1) is 20.6. The Hall–Kier alpha value is -3.65. The van der Waals surface area contributed by atoms with Gasteiger partial charge in [-0.2, -0.15) is 0 Å². The van der Waals surface area contributed by atoms with Crippen LogP contribution in [0.5, 0.6) is 0 Å². The molecule has 0 bridgehead atoms. The number of rotatable bonds is 6. The number of benzene rings is 3. The first-order chi connectivity index (χ1) is 15.1. The third-order valence-electron chi connectivity index (χ3n) is 4.78. The highest BCUT2D eigenvalue weighted by Crippen LogP contribution is 2.47. The minimum Gasteiger partial charge on any atom is -0.340 e. The van der Waals surface area contributed by atoms with Gasteiger partial charge in [-0.3, -0.25) is 10.1 Å². The standard InChI is InChI=1S/C23H20N4O3S/c28-23(25-16-17-7-5-8-18(15-17)27(29)30)24-13-6-14-26-19-9-1-3-11-21(19)31-22-12-4-2-10-20(22)26/h1-5,7-12,15-16H,6,13-14H2,(H,24,28)/b25-16+. The number of para-hydroxylation sites is 2. The number of nitrogens with zero attached hydrogens (tertiary/aromatic N) is 3. The van der Waals surface area contributed by atoms with Crippen molar-refractivity contribution in [2.24, 2.45) is 4.99 Å². The fourth-order valence-electron chi connectivity index (χ4n) is 3.35. The van der Waals surface area contributed by atoms with Crippen LogP contribution in [0.3, 0.4) is 0 Å². The lowest BCUT2D eigenvalue weighted by Gasteiger charge is -2.32. The minimum atomic E-state index is -0.479. The second-order valence-corrected chi connectivity index (χ2v) is 7.97. The molecule has 4 rings (SSSR count). The monoisotopic (exact) mass is 432 g/mol. The van der Waals surface area contributed by atoms with E-state index in [1.54, 1.807) is 23.9 Å². The summed E-state index contributed by atoms with van der Waals surface area (Å²) in [5.41, 5.74) is 2.80. The van der Waals surface area contributed by atoms with E-state index in [2.05, 4.69) is 39.5 Å². The molecule has 31 heavy (non-hydrogen) atoms. The number of hydrogen-bond acceptors (Lipinski definition) is 5. The van der Waals surface area contributed by atoms with Crippen molar-refractivity contribution in [1.29, 1.82) is 0 Å². The van der Waals surface area contributed by atoms with Crippen molar-refractivity contribution in [3.63, 3.8) is 0 Å². The summed E-state index contributed by atoms with van der Waals surface area (Å²) < 4.78 is 0. The Kier molecular flexibility index (Phi) is 6.28. The summed E-state index contributed by atoms with van der Waals surface area (Å²) in [6.45, 7) is 1.22. The Morgan fingerprint density at radius 2 is 1.71 bits per heavy atom. The molecule has 0 saturated heterocycles. The number of anilines is 2. The lowest BCUT2D eigenvalue weighted by molar-refractivity contribution is -0.384. The molecule has 7 nitrogen and oxygen atoms in total. The van der Waals surface area contributed by atoms with Gasteiger partial charge in [0.2, 0.25) is 0 Å². The van der Waals surface area contributed by atoms with Gasteiger partial charge in [0.05, 0.1) is 16.3 Å². The van der Waals surface area contributed by atoms with Crippen LogP contribution in [0, 0.1) is 10.1 Å². The van der Waals surface area contributed by atoms with Crippen LogP contribution in [0.4, 0.5) is 21.9 Å². The summed E-state index contributed by atoms with van der Waals surface area (Å²) in [4.78, 5) is 30.9. The van der Waals surface area contributed by atoms with Gasteiger partial charge in [0.15, 0.2) is 0 Å². The number of nitro benzene ring substituents is 1. The number of non-ortho nitro benzene ring substituents is 1. The van der Waals surface area contributed by atoms with Gasteiger partial charge in [0.1, 0.15) is 0 Å². The van der Waals surface area contributed by atoms with E-state index in [1.807, 2.05) is 24.3 Å². The van der Waals surface area contributed by atoms with Crippen LogP contribution in [0.15, 0.2) is 87.6 Å². The van der Waals surface area contributed by atoms with Crippen molar-refractivity contribution in [3.8, 4) is 0 Å². The normalized spacial score (nSPS) is 12.3. The molecule has 0 aliphatic carbocycles. The predicted octanol–water partition coefficient (Wildman–Crippen LogP) is 5.42. The average Bonchev–Trinajstić information content (AvgIpc) is 2.80. The van der Waals surface area contributed by atoms with Crippen LogP contribution in [0.2, 0.25) is 0 Å². The summed E-state index contributed by atoms with van der Waals surface area (Å²) >= 11 is 1.76. The molecule has 2 amide bonds. The van der Waals surface area contributed by atoms with Gasteiger partial charge in [-0.15, -0.1) is 0 Å². The maximum absolute atomic E-state index is 12.0. The second kappa shape index (κ2) is 9.44. The zero-order valence-electron chi connectivity index (χ0n) is 16.6. The lowest BCUT2D eigenvalue weighted by Crippen LogP contribution is -2.27. The fourth-order valence-corrected chi connectivity index (χ4v) is 4.45. The Morgan fingerprint density at radius 3 is 2.39 bits per heavy atom. The van der Waals surface area contributed by atoms with E-state index in [-0.39, 0.29) is 5.69 Å². The molecule has 1 aliphatic rings. The number of amides is 2. The first-order valence-electron chi connectivity index (χ1n) is 9.81. The van der Waals surface area contributed by atoms with Crippen LogP contribution in [-0.2, 0) is 0 Å². The summed E-state index contributed by atoms with van der Waals surface area (Å²) in [5, 5.41) is 13.6. The van der Waals surface area contributed by atoms with Gasteiger partial charge in [0, 0.05) is 41.2 Å². The maximum atomic E-state index is 12.0. The maximum Gasteiger partial charge on any atom is 0.340 e. The van der Waals surface area contributed by atoms with Crippen molar-refractivity contribution >= 4 is 41.1 Å². The number of nitrogens with one attached hydrogen (secondary N) is 1. The molecule has 0 spiro atoms. The molecular formula is C23H20N4O3S. The molecule has 1 aliphatic heterocycles. The van der Waals surface area contributed by atoms with Crippen LogP contribution < -0.4 is 10.2 Å². The molecule has 0 unspecified atom stereocenters. The smallest absolute Gasteiger partial charge is 0.340 e. The number of hydrogen-bond donors (Lipinski definition) is 1. The molecule has 0 saturated carbocycles. The van der Waals surface area contributed by atoms with Crippen LogP contribution in [0.25, 0.3) is 0 Å². The van der Waals surface area contributed by atoms with E-state index in [9.17, 15) is 14.9 Å². The summed E-state index contributed by atoms with van der Waals surface area (Å²) in [7, 11) is 0. The topological polar surface area (TPSA) is 87.8 Å². The van der Waals surface area contributed by atoms with Crippen molar-refractivity contribution in [2.75, 3.05) is 18.0 Å². The van der Waals surface area contributed by atoms with E-state index < -0.39 is 11.0 Å². The number of fused-ring (bicyclic) bond motifs is 2. The van der Waals surface area contributed by atoms with Crippen LogP contribution in [-0.4, -0.2) is 30.3 Å². The van der Waals surface area contributed by atoms with Gasteiger partial charge in [-0.25, -0.2) is 9.79 Å². The van der Waals surface area contributed by atoms with Crippen molar-refractivity contribution < 1.29 is 9.72 Å². The molecule has 1 heterocycles. The number of urea groups is 1. The largest absolute Gasteiger partial charge is 0.340 e. The number of nitro groups is 1. The predicted molar refractivity (Wildman–Crippen MR) is 123 cm³/mol. The molecule has 0 atom stereocenters. The molecule has 0 fully saturated rings. The Labute approximate surface area is 184 Å². The van der Waals surface area contributed by atoms with Crippen molar-refractivity contribution in [2.45, 2.75) is 16.2 Å². The summed E-state index contributed by atoms with van der Waals surface area (Å²) in [6.07, 6.45) is 2.07. The van der Waals surface area contributed by atoms with Crippen LogP contribution in [0.1, 0.15) is 12.0 Å². The van der Waals surface area contributed by atoms with Gasteiger partial charge >= 0.3 is 6.03 Å². The SMILES string of the molecule is O=C(/N=C/c1cccc([N+](=O)[O-])c1)NCCCN1c2ccccc2Sc2ccccc21. The van der Waals surface area contributed by atoms with Gasteiger partial charge in [-0.05, 0) is 36.2 Å². The summed E-state index contributed by atoms with van der Waals surface area (Å²) in [5.74, 6) is 0. The molecule has 3 aromatic rings. The van der Waals surface area contributed by atoms with Gasteiger partial charge < -0.3 is 10.2 Å². The molecule has 1 N–H and O–H groups in total. The number of carbonyl (C=O) groups excluding carboxylic acids is 1.